The summed E-state index contributed by atoms with van der Waals surface area (Å²) in [7, 11) is 0. The highest BCUT2D eigenvalue weighted by Gasteiger charge is 2.17. The lowest BCUT2D eigenvalue weighted by Crippen LogP contribution is -2.13. The lowest BCUT2D eigenvalue weighted by atomic mass is 10.2. The van der Waals surface area contributed by atoms with Crippen molar-refractivity contribution in [3.05, 3.63) is 46.0 Å². The molecule has 2 rings (SSSR count). The highest BCUT2D eigenvalue weighted by molar-refractivity contribution is 8.02. The van der Waals surface area contributed by atoms with Crippen LogP contribution in [0.2, 0.25) is 5.02 Å². The summed E-state index contributed by atoms with van der Waals surface area (Å²) in [5, 5.41) is 6.43. The molecule has 1 aliphatic heterocycles. The SMILES string of the molecule is ClCC1=CSC(c2ccc(Cl)cc2)N1. The zero-order valence-electron chi connectivity index (χ0n) is 7.34. The van der Waals surface area contributed by atoms with Gasteiger partial charge in [0.1, 0.15) is 5.37 Å². The van der Waals surface area contributed by atoms with E-state index in [-0.39, 0.29) is 5.37 Å². The van der Waals surface area contributed by atoms with Crippen molar-refractivity contribution in [1.29, 1.82) is 0 Å². The highest BCUT2D eigenvalue weighted by atomic mass is 35.5. The molecule has 0 bridgehead atoms. The molecule has 1 aliphatic rings. The Bertz CT molecular complexity index is 348. The van der Waals surface area contributed by atoms with E-state index in [1.165, 1.54) is 5.56 Å². The average molecular weight is 246 g/mol. The van der Waals surface area contributed by atoms with E-state index in [4.69, 9.17) is 23.2 Å². The van der Waals surface area contributed by atoms with Gasteiger partial charge in [-0.05, 0) is 23.1 Å². The van der Waals surface area contributed by atoms with E-state index in [2.05, 4.69) is 10.7 Å². The van der Waals surface area contributed by atoms with Crippen LogP contribution < -0.4 is 5.32 Å². The second-order valence-corrected chi connectivity index (χ2v) is 4.67. The highest BCUT2D eigenvalue weighted by Crippen LogP contribution is 2.34. The first kappa shape index (κ1) is 10.2. The van der Waals surface area contributed by atoms with Crippen molar-refractivity contribution < 1.29 is 0 Å². The van der Waals surface area contributed by atoms with Gasteiger partial charge in [-0.1, -0.05) is 23.7 Å². The fourth-order valence-electron chi connectivity index (χ4n) is 1.26. The van der Waals surface area contributed by atoms with Crippen LogP contribution in [0.25, 0.3) is 0 Å². The van der Waals surface area contributed by atoms with Crippen LogP contribution in [0.15, 0.2) is 35.4 Å². The van der Waals surface area contributed by atoms with E-state index in [0.29, 0.717) is 5.88 Å². The molecule has 0 saturated carbocycles. The summed E-state index contributed by atoms with van der Waals surface area (Å²) in [4.78, 5) is 0. The summed E-state index contributed by atoms with van der Waals surface area (Å²) in [6, 6.07) is 7.85. The van der Waals surface area contributed by atoms with E-state index in [9.17, 15) is 0 Å². The van der Waals surface area contributed by atoms with Crippen LogP contribution >= 0.6 is 35.0 Å². The molecule has 1 unspecified atom stereocenters. The number of thioether (sulfide) groups is 1. The van der Waals surface area contributed by atoms with Gasteiger partial charge in [-0.25, -0.2) is 0 Å². The van der Waals surface area contributed by atoms with Crippen molar-refractivity contribution in [3.63, 3.8) is 0 Å². The van der Waals surface area contributed by atoms with Crippen LogP contribution in [0.1, 0.15) is 10.9 Å². The fraction of sp³-hybridized carbons (Fsp3) is 0.200. The Morgan fingerprint density at radius 2 is 2.00 bits per heavy atom. The Kier molecular flexibility index (Phi) is 3.26. The van der Waals surface area contributed by atoms with E-state index in [0.717, 1.165) is 10.7 Å². The second kappa shape index (κ2) is 4.47. The lowest BCUT2D eigenvalue weighted by molar-refractivity contribution is 0.813. The predicted molar refractivity (Wildman–Crippen MR) is 63.7 cm³/mol. The normalized spacial score (nSPS) is 20.4. The predicted octanol–water partition coefficient (Wildman–Crippen LogP) is 3.76. The zero-order chi connectivity index (χ0) is 9.97. The number of rotatable bonds is 2. The summed E-state index contributed by atoms with van der Waals surface area (Å²) in [6.07, 6.45) is 0. The molecule has 0 radical (unpaired) electrons. The largest absolute Gasteiger partial charge is 0.371 e. The third-order valence-corrected chi connectivity index (χ3v) is 3.60. The standard InChI is InChI=1S/C10H9Cl2NS/c11-5-9-6-14-10(13-9)7-1-3-8(12)4-2-7/h1-4,6,10,13H,5H2. The Morgan fingerprint density at radius 3 is 2.57 bits per heavy atom. The van der Waals surface area contributed by atoms with Crippen molar-refractivity contribution in [2.45, 2.75) is 5.37 Å². The minimum absolute atomic E-state index is 0.279. The van der Waals surface area contributed by atoms with E-state index >= 15 is 0 Å². The first-order valence-corrected chi connectivity index (χ1v) is 6.07. The van der Waals surface area contributed by atoms with Crippen molar-refractivity contribution in [3.8, 4) is 0 Å². The van der Waals surface area contributed by atoms with Gasteiger partial charge in [0.25, 0.3) is 0 Å². The molecule has 4 heteroatoms. The van der Waals surface area contributed by atoms with Crippen LogP contribution in [0.4, 0.5) is 0 Å². The van der Waals surface area contributed by atoms with Gasteiger partial charge in [-0.2, -0.15) is 0 Å². The Morgan fingerprint density at radius 1 is 1.29 bits per heavy atom. The van der Waals surface area contributed by atoms with Crippen LogP contribution in [0.3, 0.4) is 0 Å². The molecule has 0 amide bonds. The van der Waals surface area contributed by atoms with E-state index in [1.807, 2.05) is 24.3 Å². The molecule has 1 heterocycles. The van der Waals surface area contributed by atoms with Gasteiger partial charge < -0.3 is 5.32 Å². The maximum Gasteiger partial charge on any atom is 0.102 e. The van der Waals surface area contributed by atoms with Gasteiger partial charge in [0.05, 0.1) is 5.88 Å². The Hall–Kier alpha value is -0.310. The number of nitrogens with one attached hydrogen (secondary N) is 1. The van der Waals surface area contributed by atoms with Crippen LogP contribution in [-0.4, -0.2) is 5.88 Å². The van der Waals surface area contributed by atoms with Crippen molar-refractivity contribution in [1.82, 2.24) is 5.32 Å². The van der Waals surface area contributed by atoms with E-state index in [1.54, 1.807) is 11.8 Å². The monoisotopic (exact) mass is 245 g/mol. The lowest BCUT2D eigenvalue weighted by Gasteiger charge is -2.12. The maximum atomic E-state index is 5.81. The molecule has 74 valence electrons. The van der Waals surface area contributed by atoms with Gasteiger partial charge in [0, 0.05) is 10.7 Å². The van der Waals surface area contributed by atoms with Crippen LogP contribution in [0, 0.1) is 0 Å². The Labute approximate surface area is 97.5 Å². The summed E-state index contributed by atoms with van der Waals surface area (Å²) in [5.74, 6) is 0.539. The van der Waals surface area contributed by atoms with Crippen molar-refractivity contribution in [2.75, 3.05) is 5.88 Å². The molecule has 0 aliphatic carbocycles. The first-order chi connectivity index (χ1) is 6.79. The summed E-state index contributed by atoms with van der Waals surface area (Å²) < 4.78 is 0. The smallest absolute Gasteiger partial charge is 0.102 e. The second-order valence-electron chi connectivity index (χ2n) is 2.99. The molecule has 1 atom stereocenters. The molecular weight excluding hydrogens is 237 g/mol. The number of benzene rings is 1. The molecule has 0 aromatic heterocycles. The fourth-order valence-corrected chi connectivity index (χ4v) is 2.61. The number of hydrogen-bond donors (Lipinski definition) is 1. The summed E-state index contributed by atoms with van der Waals surface area (Å²) in [6.45, 7) is 0. The van der Waals surface area contributed by atoms with Crippen LogP contribution in [-0.2, 0) is 0 Å². The number of hydrogen-bond acceptors (Lipinski definition) is 2. The summed E-state index contributed by atoms with van der Waals surface area (Å²) in [5.41, 5.74) is 2.30. The number of alkyl halides is 1. The Balaban J connectivity index is 2.08. The maximum absolute atomic E-state index is 5.81. The molecule has 0 spiro atoms. The van der Waals surface area contributed by atoms with Gasteiger partial charge >= 0.3 is 0 Å². The van der Waals surface area contributed by atoms with Crippen LogP contribution in [0.5, 0.6) is 0 Å². The minimum Gasteiger partial charge on any atom is -0.371 e. The topological polar surface area (TPSA) is 12.0 Å². The van der Waals surface area contributed by atoms with Gasteiger partial charge in [0.15, 0.2) is 0 Å². The number of allylic oxidation sites excluding steroid dienone is 1. The molecule has 1 aromatic carbocycles. The number of halogens is 2. The van der Waals surface area contributed by atoms with Gasteiger partial charge in [-0.15, -0.1) is 23.4 Å². The summed E-state index contributed by atoms with van der Waals surface area (Å²) >= 11 is 13.3. The molecule has 0 fully saturated rings. The minimum atomic E-state index is 0.279. The van der Waals surface area contributed by atoms with Crippen molar-refractivity contribution >= 4 is 35.0 Å². The molecule has 14 heavy (non-hydrogen) atoms. The third kappa shape index (κ3) is 2.19. The zero-order valence-corrected chi connectivity index (χ0v) is 9.66. The molecule has 1 aromatic rings. The van der Waals surface area contributed by atoms with E-state index < -0.39 is 0 Å². The molecule has 1 nitrogen and oxygen atoms in total. The van der Waals surface area contributed by atoms with Gasteiger partial charge in [0.2, 0.25) is 0 Å². The quantitative estimate of drug-likeness (QED) is 0.797. The third-order valence-electron chi connectivity index (χ3n) is 1.98. The van der Waals surface area contributed by atoms with Crippen molar-refractivity contribution in [2.24, 2.45) is 0 Å². The first-order valence-electron chi connectivity index (χ1n) is 4.22. The molecular formula is C10H9Cl2NS. The van der Waals surface area contributed by atoms with Gasteiger partial charge in [-0.3, -0.25) is 0 Å². The molecule has 1 N–H and O–H groups in total. The average Bonchev–Trinajstić information content (AvgIpc) is 2.67. The molecule has 0 saturated heterocycles.